The van der Waals surface area contributed by atoms with Gasteiger partial charge < -0.3 is 5.73 Å². The van der Waals surface area contributed by atoms with Gasteiger partial charge in [0.25, 0.3) is 0 Å². The van der Waals surface area contributed by atoms with Crippen LogP contribution in [0.15, 0.2) is 12.1 Å². The SMILES string of the molecule is CCc1nc(N)sc1Cc1cc(F)cc(F)c1F. The van der Waals surface area contributed by atoms with Gasteiger partial charge in [-0.05, 0) is 18.1 Å². The molecular formula is C12H11F3N2S. The molecule has 2 nitrogen and oxygen atoms in total. The minimum atomic E-state index is -1.18. The molecule has 1 aromatic carbocycles. The number of halogens is 3. The second-order valence-electron chi connectivity index (χ2n) is 3.81. The minimum Gasteiger partial charge on any atom is -0.375 e. The number of rotatable bonds is 3. The van der Waals surface area contributed by atoms with Gasteiger partial charge in [-0.1, -0.05) is 6.92 Å². The lowest BCUT2D eigenvalue weighted by Crippen LogP contribution is -1.98. The third-order valence-corrected chi connectivity index (χ3v) is 3.48. The van der Waals surface area contributed by atoms with Crippen LogP contribution >= 0.6 is 11.3 Å². The lowest BCUT2D eigenvalue weighted by Gasteiger charge is -2.04. The van der Waals surface area contributed by atoms with E-state index < -0.39 is 17.5 Å². The fourth-order valence-corrected chi connectivity index (χ4v) is 2.67. The first-order valence-electron chi connectivity index (χ1n) is 5.38. The maximum Gasteiger partial charge on any atom is 0.180 e. The molecule has 0 aliphatic heterocycles. The molecular weight excluding hydrogens is 261 g/mol. The Labute approximate surface area is 106 Å². The molecule has 1 heterocycles. The van der Waals surface area contributed by atoms with E-state index in [1.54, 1.807) is 0 Å². The van der Waals surface area contributed by atoms with Gasteiger partial charge in [-0.3, -0.25) is 0 Å². The topological polar surface area (TPSA) is 38.9 Å². The predicted octanol–water partition coefficient (Wildman–Crippen LogP) is 3.30. The van der Waals surface area contributed by atoms with Gasteiger partial charge in [0, 0.05) is 17.4 Å². The second-order valence-corrected chi connectivity index (χ2v) is 4.93. The lowest BCUT2D eigenvalue weighted by atomic mass is 10.1. The Bertz CT molecular complexity index is 581. The van der Waals surface area contributed by atoms with E-state index in [0.29, 0.717) is 17.6 Å². The van der Waals surface area contributed by atoms with E-state index in [2.05, 4.69) is 4.98 Å². The highest BCUT2D eigenvalue weighted by Gasteiger charge is 2.15. The largest absolute Gasteiger partial charge is 0.375 e. The maximum atomic E-state index is 13.5. The molecule has 0 spiro atoms. The quantitative estimate of drug-likeness (QED) is 0.871. The molecule has 0 aliphatic carbocycles. The van der Waals surface area contributed by atoms with E-state index in [1.165, 1.54) is 11.3 Å². The van der Waals surface area contributed by atoms with Crippen LogP contribution in [0.3, 0.4) is 0 Å². The van der Waals surface area contributed by atoms with Crippen LogP contribution < -0.4 is 5.73 Å². The van der Waals surface area contributed by atoms with E-state index in [0.717, 1.165) is 16.6 Å². The molecule has 0 fully saturated rings. The van der Waals surface area contributed by atoms with Crippen molar-refractivity contribution >= 4 is 16.5 Å². The van der Waals surface area contributed by atoms with Crippen LogP contribution in [0.1, 0.15) is 23.1 Å². The molecule has 0 atom stereocenters. The van der Waals surface area contributed by atoms with Crippen molar-refractivity contribution in [2.75, 3.05) is 5.73 Å². The number of anilines is 1. The summed E-state index contributed by atoms with van der Waals surface area (Å²) in [4.78, 5) is 4.82. The van der Waals surface area contributed by atoms with Crippen molar-refractivity contribution in [3.63, 3.8) is 0 Å². The molecule has 0 aliphatic rings. The van der Waals surface area contributed by atoms with Gasteiger partial charge in [-0.15, -0.1) is 11.3 Å². The van der Waals surface area contributed by atoms with Gasteiger partial charge in [0.05, 0.1) is 5.69 Å². The summed E-state index contributed by atoms with van der Waals surface area (Å²) >= 11 is 1.21. The Morgan fingerprint density at radius 2 is 2.00 bits per heavy atom. The number of nitrogen functional groups attached to an aromatic ring is 1. The second kappa shape index (κ2) is 4.97. The van der Waals surface area contributed by atoms with Crippen LogP contribution in [0.5, 0.6) is 0 Å². The number of aryl methyl sites for hydroxylation is 1. The molecule has 2 N–H and O–H groups in total. The zero-order valence-corrected chi connectivity index (χ0v) is 10.5. The van der Waals surface area contributed by atoms with E-state index in [9.17, 15) is 13.2 Å². The van der Waals surface area contributed by atoms with Gasteiger partial charge in [-0.25, -0.2) is 18.2 Å². The van der Waals surface area contributed by atoms with E-state index in [1.807, 2.05) is 6.92 Å². The number of hydrogen-bond acceptors (Lipinski definition) is 3. The molecule has 2 rings (SSSR count). The van der Waals surface area contributed by atoms with Crippen LogP contribution in [0.2, 0.25) is 0 Å². The number of nitrogens with zero attached hydrogens (tertiary/aromatic N) is 1. The van der Waals surface area contributed by atoms with Crippen molar-refractivity contribution in [1.82, 2.24) is 4.98 Å². The molecule has 18 heavy (non-hydrogen) atoms. The van der Waals surface area contributed by atoms with Gasteiger partial charge in [0.15, 0.2) is 16.8 Å². The van der Waals surface area contributed by atoms with E-state index in [-0.39, 0.29) is 12.0 Å². The summed E-state index contributed by atoms with van der Waals surface area (Å²) in [5.74, 6) is -3.00. The minimum absolute atomic E-state index is 0.0224. The number of hydrogen-bond donors (Lipinski definition) is 1. The highest BCUT2D eigenvalue weighted by Crippen LogP contribution is 2.26. The zero-order valence-electron chi connectivity index (χ0n) is 9.64. The normalized spacial score (nSPS) is 10.9. The highest BCUT2D eigenvalue weighted by molar-refractivity contribution is 7.15. The van der Waals surface area contributed by atoms with Gasteiger partial charge >= 0.3 is 0 Å². The van der Waals surface area contributed by atoms with Crippen LogP contribution in [-0.2, 0) is 12.8 Å². The first-order valence-corrected chi connectivity index (χ1v) is 6.20. The van der Waals surface area contributed by atoms with Crippen molar-refractivity contribution in [3.8, 4) is 0 Å². The Morgan fingerprint density at radius 3 is 2.67 bits per heavy atom. The van der Waals surface area contributed by atoms with Crippen molar-refractivity contribution in [2.45, 2.75) is 19.8 Å². The van der Waals surface area contributed by atoms with Crippen molar-refractivity contribution in [2.24, 2.45) is 0 Å². The number of thiazole rings is 1. The lowest BCUT2D eigenvalue weighted by molar-refractivity contribution is 0.487. The summed E-state index contributed by atoms with van der Waals surface area (Å²) in [5.41, 5.74) is 6.29. The summed E-state index contributed by atoms with van der Waals surface area (Å²) in [5, 5.41) is 0.374. The van der Waals surface area contributed by atoms with Gasteiger partial charge in [-0.2, -0.15) is 0 Å². The Balaban J connectivity index is 2.39. The molecule has 0 saturated carbocycles. The molecule has 0 amide bonds. The highest BCUT2D eigenvalue weighted by atomic mass is 32.1. The summed E-state index contributed by atoms with van der Waals surface area (Å²) in [7, 11) is 0. The molecule has 96 valence electrons. The summed E-state index contributed by atoms with van der Waals surface area (Å²) in [6.45, 7) is 1.89. The third kappa shape index (κ3) is 2.48. The molecule has 6 heteroatoms. The van der Waals surface area contributed by atoms with Gasteiger partial charge in [0.2, 0.25) is 0 Å². The smallest absolute Gasteiger partial charge is 0.180 e. The molecule has 0 unspecified atom stereocenters. The Kier molecular flexibility index (Phi) is 3.56. The average molecular weight is 272 g/mol. The van der Waals surface area contributed by atoms with Crippen LogP contribution in [-0.4, -0.2) is 4.98 Å². The van der Waals surface area contributed by atoms with Crippen LogP contribution in [0.25, 0.3) is 0 Å². The van der Waals surface area contributed by atoms with Crippen LogP contribution in [0.4, 0.5) is 18.3 Å². The molecule has 2 aromatic rings. The van der Waals surface area contributed by atoms with E-state index >= 15 is 0 Å². The number of nitrogens with two attached hydrogens (primary N) is 1. The standard InChI is InChI=1S/C12H11F3N2S/c1-2-9-10(18-12(16)17-9)4-6-3-7(13)5-8(14)11(6)15/h3,5H,2,4H2,1H3,(H2,16,17). The molecule has 1 aromatic heterocycles. The van der Waals surface area contributed by atoms with Crippen molar-refractivity contribution in [3.05, 3.63) is 45.7 Å². The summed E-state index contributed by atoms with van der Waals surface area (Å²) in [6, 6.07) is 1.52. The van der Waals surface area contributed by atoms with Crippen molar-refractivity contribution < 1.29 is 13.2 Å². The fourth-order valence-electron chi connectivity index (χ4n) is 1.73. The van der Waals surface area contributed by atoms with Gasteiger partial charge in [0.1, 0.15) is 5.82 Å². The Hall–Kier alpha value is -1.56. The summed E-state index contributed by atoms with van der Waals surface area (Å²) < 4.78 is 39.7. The monoisotopic (exact) mass is 272 g/mol. The van der Waals surface area contributed by atoms with Crippen LogP contribution in [0, 0.1) is 17.5 Å². The van der Waals surface area contributed by atoms with E-state index in [4.69, 9.17) is 5.73 Å². The number of benzene rings is 1. The molecule has 0 saturated heterocycles. The number of aromatic nitrogens is 1. The predicted molar refractivity (Wildman–Crippen MR) is 65.0 cm³/mol. The van der Waals surface area contributed by atoms with Crippen molar-refractivity contribution in [1.29, 1.82) is 0 Å². The fraction of sp³-hybridized carbons (Fsp3) is 0.250. The first kappa shape index (κ1) is 12.9. The Morgan fingerprint density at radius 1 is 1.28 bits per heavy atom. The zero-order chi connectivity index (χ0) is 13.3. The molecule has 0 radical (unpaired) electrons. The first-order chi connectivity index (χ1) is 8.51. The maximum absolute atomic E-state index is 13.5. The third-order valence-electron chi connectivity index (χ3n) is 2.55. The summed E-state index contributed by atoms with van der Waals surface area (Å²) in [6.07, 6.45) is 0.737. The average Bonchev–Trinajstić information content (AvgIpc) is 2.65. The molecule has 0 bridgehead atoms.